The number of fused-ring (bicyclic) bond motifs is 2. The van der Waals surface area contributed by atoms with E-state index in [1.807, 2.05) is 40.8 Å². The number of aryl methyl sites for hydroxylation is 2. The van der Waals surface area contributed by atoms with E-state index in [2.05, 4.69) is 25.6 Å². The number of hydrogen-bond acceptors (Lipinski definition) is 7. The molecule has 2 amide bonds. The molecule has 6 rings (SSSR count). The Hall–Kier alpha value is -6.13. The maximum Gasteiger partial charge on any atom is 0.433 e. The Morgan fingerprint density at radius 1 is 0.655 bits per heavy atom. The fraction of sp³-hybridized carbons (Fsp3) is 0.289. The monoisotopic (exact) mass is 771 g/mol. The van der Waals surface area contributed by atoms with Gasteiger partial charge in [-0.25, -0.2) is 28.1 Å². The van der Waals surface area contributed by atoms with Gasteiger partial charge in [-0.2, -0.15) is 13.2 Å². The first-order valence-electron chi connectivity index (χ1n) is 17.3. The minimum atomic E-state index is -4.80. The third kappa shape index (κ3) is 10.1. The second-order valence-corrected chi connectivity index (χ2v) is 11.2. The molecule has 2 N–H and O–H groups in total. The van der Waals surface area contributed by atoms with Crippen molar-refractivity contribution in [2.75, 3.05) is 23.8 Å². The molecule has 11 nitrogen and oxygen atoms in total. The number of alkyl halides is 3. The summed E-state index contributed by atoms with van der Waals surface area (Å²) in [5, 5.41) is 5.04. The highest BCUT2D eigenvalue weighted by molar-refractivity contribution is 6.05. The van der Waals surface area contributed by atoms with E-state index >= 15 is 0 Å². The first kappa shape index (κ1) is 41.6. The maximum absolute atomic E-state index is 13.9. The van der Waals surface area contributed by atoms with Crippen molar-refractivity contribution in [3.63, 3.8) is 0 Å². The minimum Gasteiger partial charge on any atom is -0.491 e. The van der Waals surface area contributed by atoms with Gasteiger partial charge in [-0.15, -0.1) is 0 Å². The molecule has 0 bridgehead atoms. The molecule has 0 fully saturated rings. The molecule has 6 aromatic rings. The average Bonchev–Trinajstić information content (AvgIpc) is 3.76. The van der Waals surface area contributed by atoms with Gasteiger partial charge in [0.2, 0.25) is 0 Å². The SMILES string of the molecule is CC.CCOc1cc2nc(CC)cn2cc1NC(=O)c1ccc(F)c(F)c1.CCOc1cc2nc(CC)cn2cc1NC(=O)c1nc(C(F)(F)F)ccc1F. The van der Waals surface area contributed by atoms with Crippen molar-refractivity contribution < 1.29 is 45.4 Å². The van der Waals surface area contributed by atoms with Crippen LogP contribution >= 0.6 is 0 Å². The molecule has 0 saturated heterocycles. The van der Waals surface area contributed by atoms with Crippen LogP contribution in [0.3, 0.4) is 0 Å². The lowest BCUT2D eigenvalue weighted by Crippen LogP contribution is -2.19. The Balaban J connectivity index is 0.000000235. The summed E-state index contributed by atoms with van der Waals surface area (Å²) in [5.74, 6) is -4.22. The molecule has 17 heteroatoms. The van der Waals surface area contributed by atoms with Gasteiger partial charge in [-0.05, 0) is 57.0 Å². The Morgan fingerprint density at radius 2 is 1.15 bits per heavy atom. The van der Waals surface area contributed by atoms with Gasteiger partial charge in [-0.1, -0.05) is 27.7 Å². The van der Waals surface area contributed by atoms with E-state index in [0.717, 1.165) is 29.9 Å². The Morgan fingerprint density at radius 3 is 1.60 bits per heavy atom. The zero-order valence-electron chi connectivity index (χ0n) is 30.8. The average molecular weight is 772 g/mol. The quantitative estimate of drug-likeness (QED) is 0.133. The molecule has 0 aliphatic carbocycles. The van der Waals surface area contributed by atoms with Gasteiger partial charge in [0.15, 0.2) is 23.1 Å². The van der Waals surface area contributed by atoms with E-state index in [1.54, 1.807) is 40.3 Å². The lowest BCUT2D eigenvalue weighted by atomic mass is 10.2. The molecule has 0 unspecified atom stereocenters. The molecule has 0 spiro atoms. The summed E-state index contributed by atoms with van der Waals surface area (Å²) in [6.45, 7) is 12.2. The van der Waals surface area contributed by atoms with Crippen LogP contribution < -0.4 is 20.1 Å². The second-order valence-electron chi connectivity index (χ2n) is 11.2. The number of aromatic nitrogens is 5. The highest BCUT2D eigenvalue weighted by Gasteiger charge is 2.34. The first-order valence-corrected chi connectivity index (χ1v) is 17.3. The van der Waals surface area contributed by atoms with Crippen molar-refractivity contribution in [1.82, 2.24) is 23.8 Å². The van der Waals surface area contributed by atoms with Crippen molar-refractivity contribution in [3.8, 4) is 11.5 Å². The summed E-state index contributed by atoms with van der Waals surface area (Å²) in [6.07, 6.45) is 3.45. The van der Waals surface area contributed by atoms with Crippen molar-refractivity contribution in [2.45, 2.75) is 60.6 Å². The summed E-state index contributed by atoms with van der Waals surface area (Å²) in [4.78, 5) is 36.7. The molecule has 55 heavy (non-hydrogen) atoms. The van der Waals surface area contributed by atoms with E-state index in [9.17, 15) is 35.9 Å². The fourth-order valence-corrected chi connectivity index (χ4v) is 4.99. The van der Waals surface area contributed by atoms with Gasteiger partial charge in [-0.3, -0.25) is 9.59 Å². The highest BCUT2D eigenvalue weighted by Crippen LogP contribution is 2.31. The van der Waals surface area contributed by atoms with Crippen LogP contribution in [0.1, 0.15) is 79.5 Å². The summed E-state index contributed by atoms with van der Waals surface area (Å²) < 4.78 is 93.2. The van der Waals surface area contributed by atoms with Gasteiger partial charge in [0.05, 0.1) is 24.6 Å². The van der Waals surface area contributed by atoms with Crippen LogP contribution in [0.15, 0.2) is 67.3 Å². The van der Waals surface area contributed by atoms with Gasteiger partial charge in [0, 0.05) is 42.5 Å². The molecule has 0 aliphatic heterocycles. The van der Waals surface area contributed by atoms with Crippen LogP contribution in [-0.2, 0) is 19.0 Å². The Labute approximate surface area is 312 Å². The zero-order chi connectivity index (χ0) is 40.4. The van der Waals surface area contributed by atoms with E-state index < -0.39 is 46.8 Å². The van der Waals surface area contributed by atoms with Crippen LogP contribution in [0.4, 0.5) is 37.7 Å². The Bertz CT molecular complexity index is 2290. The first-order chi connectivity index (χ1) is 26.2. The predicted octanol–water partition coefficient (Wildman–Crippen LogP) is 8.95. The number of halogens is 6. The molecule has 0 saturated carbocycles. The molecule has 0 aliphatic rings. The molecule has 292 valence electrons. The van der Waals surface area contributed by atoms with Crippen molar-refractivity contribution in [3.05, 3.63) is 113 Å². The lowest BCUT2D eigenvalue weighted by Gasteiger charge is -2.13. The number of nitrogens with zero attached hydrogens (tertiary/aromatic N) is 5. The number of anilines is 2. The summed E-state index contributed by atoms with van der Waals surface area (Å²) >= 11 is 0. The molecule has 5 heterocycles. The third-order valence-electron chi connectivity index (χ3n) is 7.56. The highest BCUT2D eigenvalue weighted by atomic mass is 19.4. The van der Waals surface area contributed by atoms with Gasteiger partial charge in [0.25, 0.3) is 11.8 Å². The van der Waals surface area contributed by atoms with Crippen molar-refractivity contribution in [1.29, 1.82) is 0 Å². The topological polar surface area (TPSA) is 124 Å². The van der Waals surface area contributed by atoms with Crippen LogP contribution in [0, 0.1) is 17.5 Å². The fourth-order valence-electron chi connectivity index (χ4n) is 4.99. The molecular formula is C38H39F6N7O4. The molecule has 1 aromatic carbocycles. The molecule has 0 atom stereocenters. The van der Waals surface area contributed by atoms with Gasteiger partial charge >= 0.3 is 6.18 Å². The summed E-state index contributed by atoms with van der Waals surface area (Å²) in [6, 6.07) is 7.33. The van der Waals surface area contributed by atoms with Crippen LogP contribution in [0.2, 0.25) is 0 Å². The van der Waals surface area contributed by atoms with E-state index in [-0.39, 0.29) is 23.6 Å². The largest absolute Gasteiger partial charge is 0.491 e. The van der Waals surface area contributed by atoms with E-state index in [1.165, 1.54) is 12.3 Å². The van der Waals surface area contributed by atoms with Crippen LogP contribution in [0.5, 0.6) is 11.5 Å². The number of ether oxygens (including phenoxy) is 2. The number of nitrogens with one attached hydrogen (secondary N) is 2. The molecule has 5 aromatic heterocycles. The lowest BCUT2D eigenvalue weighted by molar-refractivity contribution is -0.141. The Kier molecular flexibility index (Phi) is 13.8. The minimum absolute atomic E-state index is 0.0151. The number of imidazole rings is 2. The van der Waals surface area contributed by atoms with Crippen molar-refractivity contribution >= 4 is 34.5 Å². The second kappa shape index (κ2) is 18.3. The molecule has 0 radical (unpaired) electrons. The standard InChI is InChI=1S/C18H16F4N4O2.C18H17F2N3O2.C2H6/c1-3-10-8-26-9-12(13(28-4-2)7-15(26)23-10)24-17(27)16-11(19)5-6-14(25-16)18(20,21)22;1-3-12-9-23-10-15(16(25-4-2)8-17(23)21-12)22-18(24)11-5-6-13(19)14(20)7-11;1-2/h5-9H,3-4H2,1-2H3,(H,24,27);5-10H,3-4H2,1-2H3,(H,22,24);1-2H3. The van der Waals surface area contributed by atoms with Crippen LogP contribution in [0.25, 0.3) is 11.3 Å². The van der Waals surface area contributed by atoms with Gasteiger partial charge in [0.1, 0.15) is 39.9 Å². The number of carbonyl (C=O) groups excluding carboxylic acids is 2. The van der Waals surface area contributed by atoms with Gasteiger partial charge < -0.3 is 28.9 Å². The number of rotatable bonds is 10. The summed E-state index contributed by atoms with van der Waals surface area (Å²) in [5.41, 5.74) is 1.25. The number of pyridine rings is 3. The number of carbonyl (C=O) groups is 2. The van der Waals surface area contributed by atoms with E-state index in [4.69, 9.17) is 9.47 Å². The van der Waals surface area contributed by atoms with E-state index in [0.29, 0.717) is 47.9 Å². The predicted molar refractivity (Wildman–Crippen MR) is 194 cm³/mol. The number of amides is 2. The number of hydrogen-bond donors (Lipinski definition) is 2. The number of benzene rings is 1. The third-order valence-corrected chi connectivity index (χ3v) is 7.56. The maximum atomic E-state index is 13.9. The van der Waals surface area contributed by atoms with Crippen LogP contribution in [-0.4, -0.2) is 48.8 Å². The van der Waals surface area contributed by atoms with Crippen molar-refractivity contribution in [2.24, 2.45) is 0 Å². The smallest absolute Gasteiger partial charge is 0.433 e. The zero-order valence-corrected chi connectivity index (χ0v) is 30.8. The molecular weight excluding hydrogens is 732 g/mol. The normalized spacial score (nSPS) is 11.0. The summed E-state index contributed by atoms with van der Waals surface area (Å²) in [7, 11) is 0.